The van der Waals surface area contributed by atoms with Gasteiger partial charge in [0.15, 0.2) is 0 Å². The van der Waals surface area contributed by atoms with Crippen LogP contribution < -0.4 is 9.47 Å². The third-order valence-electron chi connectivity index (χ3n) is 7.44. The molecule has 0 unspecified atom stereocenters. The van der Waals surface area contributed by atoms with Crippen molar-refractivity contribution in [3.63, 3.8) is 0 Å². The Bertz CT molecular complexity index is 1140. The van der Waals surface area contributed by atoms with Crippen LogP contribution >= 0.6 is 0 Å². The number of aromatic nitrogens is 2. The Hall–Kier alpha value is -2.92. The summed E-state index contributed by atoms with van der Waals surface area (Å²) in [6.45, 7) is 8.92. The summed E-state index contributed by atoms with van der Waals surface area (Å²) in [7, 11) is 1.68. The van der Waals surface area contributed by atoms with E-state index in [2.05, 4.69) is 71.2 Å². The summed E-state index contributed by atoms with van der Waals surface area (Å²) in [5.41, 5.74) is 7.33. The molecule has 5 nitrogen and oxygen atoms in total. The van der Waals surface area contributed by atoms with Crippen molar-refractivity contribution < 1.29 is 9.47 Å². The molecule has 1 saturated carbocycles. The van der Waals surface area contributed by atoms with Crippen molar-refractivity contribution in [3.8, 4) is 23.0 Å². The minimum Gasteiger partial charge on any atom is -0.481 e. The lowest BCUT2D eigenvalue weighted by molar-refractivity contribution is 0.242. The summed E-state index contributed by atoms with van der Waals surface area (Å²) in [6.07, 6.45) is 4.05. The first kappa shape index (κ1) is 21.9. The van der Waals surface area contributed by atoms with Crippen molar-refractivity contribution in [1.29, 1.82) is 0 Å². The second-order valence-electron chi connectivity index (χ2n) is 9.78. The maximum Gasteiger partial charge on any atom is 0.320 e. The van der Waals surface area contributed by atoms with Crippen LogP contribution in [0.15, 0.2) is 48.5 Å². The van der Waals surface area contributed by atoms with Crippen molar-refractivity contribution in [2.24, 2.45) is 5.41 Å². The molecular formula is C28H33N3O2. The molecule has 1 saturated heterocycles. The fourth-order valence-electron chi connectivity index (χ4n) is 5.23. The molecule has 5 heteroatoms. The summed E-state index contributed by atoms with van der Waals surface area (Å²) in [4.78, 5) is 11.9. The van der Waals surface area contributed by atoms with Gasteiger partial charge in [0.2, 0.25) is 5.88 Å². The van der Waals surface area contributed by atoms with Crippen LogP contribution in [-0.4, -0.2) is 34.6 Å². The molecule has 1 spiro atoms. The molecule has 5 rings (SSSR count). The van der Waals surface area contributed by atoms with Crippen LogP contribution in [0.4, 0.5) is 0 Å². The second-order valence-corrected chi connectivity index (χ2v) is 9.78. The monoisotopic (exact) mass is 443 g/mol. The molecule has 0 amide bonds. The summed E-state index contributed by atoms with van der Waals surface area (Å²) in [5.74, 6) is 0.621. The van der Waals surface area contributed by atoms with Gasteiger partial charge in [-0.3, -0.25) is 4.90 Å². The fourth-order valence-corrected chi connectivity index (χ4v) is 5.23. The molecule has 33 heavy (non-hydrogen) atoms. The van der Waals surface area contributed by atoms with E-state index in [1.165, 1.54) is 42.5 Å². The van der Waals surface area contributed by atoms with Gasteiger partial charge in [-0.05, 0) is 67.7 Å². The van der Waals surface area contributed by atoms with Crippen LogP contribution in [0.1, 0.15) is 48.6 Å². The number of aryl methyl sites for hydroxylation is 1. The lowest BCUT2D eigenvalue weighted by Crippen LogP contribution is -2.27. The SMILES string of the molecule is COc1nc(OCc2cccc(-c3ccccc3)c2C)nc(C)c1CN1CC2(CC2)C[C@H]1C. The average molecular weight is 444 g/mol. The number of likely N-dealkylation sites (tertiary alicyclic amines) is 1. The molecule has 0 radical (unpaired) electrons. The number of hydrogen-bond donors (Lipinski definition) is 0. The maximum atomic E-state index is 6.06. The minimum atomic E-state index is 0.366. The number of rotatable bonds is 7. The molecule has 2 aliphatic rings. The molecule has 1 aliphatic carbocycles. The van der Waals surface area contributed by atoms with Crippen molar-refractivity contribution in [2.45, 2.75) is 59.2 Å². The summed E-state index contributed by atoms with van der Waals surface area (Å²) >= 11 is 0. The van der Waals surface area contributed by atoms with E-state index in [1.54, 1.807) is 7.11 Å². The standard InChI is InChI=1S/C28H33N3O2/c1-19-15-28(13-14-28)18-31(19)16-25-21(3)29-27(30-26(25)32-4)33-17-23-11-8-12-24(20(23)2)22-9-6-5-7-10-22/h5-12,19H,13-18H2,1-4H3/t19-/m1/s1. The number of benzene rings is 2. The first-order valence-electron chi connectivity index (χ1n) is 11.9. The number of hydrogen-bond acceptors (Lipinski definition) is 5. The van der Waals surface area contributed by atoms with Gasteiger partial charge in [0.1, 0.15) is 6.61 Å². The van der Waals surface area contributed by atoms with E-state index in [-0.39, 0.29) is 0 Å². The Kier molecular flexibility index (Phi) is 5.83. The predicted molar refractivity (Wildman–Crippen MR) is 130 cm³/mol. The van der Waals surface area contributed by atoms with Gasteiger partial charge < -0.3 is 9.47 Å². The van der Waals surface area contributed by atoms with Crippen molar-refractivity contribution in [1.82, 2.24) is 14.9 Å². The zero-order chi connectivity index (χ0) is 23.0. The van der Waals surface area contributed by atoms with Crippen molar-refractivity contribution >= 4 is 0 Å². The molecule has 1 aliphatic heterocycles. The van der Waals surface area contributed by atoms with Gasteiger partial charge in [-0.15, -0.1) is 0 Å². The van der Waals surface area contributed by atoms with Crippen molar-refractivity contribution in [3.05, 3.63) is 70.9 Å². The van der Waals surface area contributed by atoms with Gasteiger partial charge in [0.05, 0.1) is 12.8 Å². The molecule has 0 N–H and O–H groups in total. The van der Waals surface area contributed by atoms with Gasteiger partial charge in [0, 0.05) is 24.7 Å². The maximum absolute atomic E-state index is 6.06. The number of nitrogens with zero attached hydrogens (tertiary/aromatic N) is 3. The van der Waals surface area contributed by atoms with E-state index in [4.69, 9.17) is 9.47 Å². The summed E-state index contributed by atoms with van der Waals surface area (Å²) < 4.78 is 11.7. The molecule has 2 fully saturated rings. The zero-order valence-electron chi connectivity index (χ0n) is 20.1. The van der Waals surface area contributed by atoms with Crippen LogP contribution in [0.3, 0.4) is 0 Å². The third-order valence-corrected chi connectivity index (χ3v) is 7.44. The minimum absolute atomic E-state index is 0.366. The number of ether oxygens (including phenoxy) is 2. The smallest absolute Gasteiger partial charge is 0.320 e. The summed E-state index contributed by atoms with van der Waals surface area (Å²) in [6, 6.07) is 17.7. The molecule has 2 heterocycles. The largest absolute Gasteiger partial charge is 0.481 e. The highest BCUT2D eigenvalue weighted by atomic mass is 16.5. The van der Waals surface area contributed by atoms with Crippen molar-refractivity contribution in [2.75, 3.05) is 13.7 Å². The van der Waals surface area contributed by atoms with Crippen LogP contribution in [-0.2, 0) is 13.2 Å². The summed E-state index contributed by atoms with van der Waals surface area (Å²) in [5, 5.41) is 0. The quantitative estimate of drug-likeness (QED) is 0.467. The number of methoxy groups -OCH3 is 1. The van der Waals surface area contributed by atoms with Gasteiger partial charge in [-0.25, -0.2) is 0 Å². The second kappa shape index (κ2) is 8.79. The normalized spacial score (nSPS) is 19.1. The predicted octanol–water partition coefficient (Wildman–Crippen LogP) is 5.72. The topological polar surface area (TPSA) is 47.5 Å². The Labute approximate surface area is 196 Å². The zero-order valence-corrected chi connectivity index (χ0v) is 20.1. The van der Waals surface area contributed by atoms with Gasteiger partial charge in [-0.1, -0.05) is 48.5 Å². The van der Waals surface area contributed by atoms with E-state index < -0.39 is 0 Å². The lowest BCUT2D eigenvalue weighted by Gasteiger charge is -2.23. The highest BCUT2D eigenvalue weighted by Crippen LogP contribution is 2.55. The first-order chi connectivity index (χ1) is 16.0. The molecule has 0 bridgehead atoms. The van der Waals surface area contributed by atoms with Crippen LogP contribution in [0.25, 0.3) is 11.1 Å². The van der Waals surface area contributed by atoms with E-state index >= 15 is 0 Å². The van der Waals surface area contributed by atoms with E-state index in [0.717, 1.165) is 23.4 Å². The molecule has 1 atom stereocenters. The highest BCUT2D eigenvalue weighted by Gasteiger charge is 2.50. The molecule has 1 aromatic heterocycles. The average Bonchev–Trinajstić information content (AvgIpc) is 3.50. The molecule has 2 aromatic carbocycles. The Balaban J connectivity index is 1.32. The van der Waals surface area contributed by atoms with E-state index in [9.17, 15) is 0 Å². The van der Waals surface area contributed by atoms with Gasteiger partial charge in [0.25, 0.3) is 0 Å². The van der Waals surface area contributed by atoms with Crippen LogP contribution in [0.2, 0.25) is 0 Å². The molecular weight excluding hydrogens is 410 g/mol. The Morgan fingerprint density at radius 3 is 2.52 bits per heavy atom. The molecule has 172 valence electrons. The third kappa shape index (κ3) is 4.47. The van der Waals surface area contributed by atoms with E-state index in [1.807, 2.05) is 13.0 Å². The van der Waals surface area contributed by atoms with E-state index in [0.29, 0.717) is 30.0 Å². The van der Waals surface area contributed by atoms with Crippen LogP contribution in [0.5, 0.6) is 11.9 Å². The molecule has 3 aromatic rings. The van der Waals surface area contributed by atoms with Gasteiger partial charge >= 0.3 is 6.01 Å². The Morgan fingerprint density at radius 1 is 1.03 bits per heavy atom. The van der Waals surface area contributed by atoms with Crippen LogP contribution in [0, 0.1) is 19.3 Å². The van der Waals surface area contributed by atoms with Gasteiger partial charge in [-0.2, -0.15) is 9.97 Å². The lowest BCUT2D eigenvalue weighted by atomic mass is 9.97. The highest BCUT2D eigenvalue weighted by molar-refractivity contribution is 5.68. The first-order valence-corrected chi connectivity index (χ1v) is 11.9. The fraction of sp³-hybridized carbons (Fsp3) is 0.429. The Morgan fingerprint density at radius 2 is 1.82 bits per heavy atom.